The zero-order valence-electron chi connectivity index (χ0n) is 16.2. The summed E-state index contributed by atoms with van der Waals surface area (Å²) in [5.41, 5.74) is 0. The third kappa shape index (κ3) is 9.28. The van der Waals surface area contributed by atoms with Gasteiger partial charge in [-0.1, -0.05) is 12.1 Å². The van der Waals surface area contributed by atoms with Crippen LogP contribution in [0.1, 0.15) is 13.8 Å². The van der Waals surface area contributed by atoms with Gasteiger partial charge in [0.2, 0.25) is 10.0 Å². The monoisotopic (exact) mass is 556 g/mol. The minimum absolute atomic E-state index is 0. The van der Waals surface area contributed by atoms with E-state index in [1.807, 2.05) is 13.8 Å². The molecule has 11 heteroatoms. The first-order valence-corrected chi connectivity index (χ1v) is 11.2. The number of hydrogen-bond acceptors (Lipinski definition) is 5. The standard InChI is InChI=1S/C18H25FN4O3S2.HI/c1-3-20-18(21-9-10-23-28(24,25)17-8-5-11-27-17)22-13-14(2)26-16-7-4-6-15(19)12-16;/h4-8,11-12,14,23H,3,9-10,13H2,1-2H3,(H2,20,21,22);1H. The number of thiophene rings is 1. The molecule has 2 aromatic rings. The average molecular weight is 556 g/mol. The van der Waals surface area contributed by atoms with Gasteiger partial charge in [-0.05, 0) is 37.4 Å². The number of rotatable bonds is 10. The molecule has 0 bridgehead atoms. The first-order valence-electron chi connectivity index (χ1n) is 8.88. The second kappa shape index (κ2) is 13.0. The second-order valence-corrected chi connectivity index (χ2v) is 8.80. The van der Waals surface area contributed by atoms with E-state index in [1.165, 1.54) is 23.5 Å². The molecule has 1 aromatic carbocycles. The Balaban J connectivity index is 0.00000420. The molecule has 0 aliphatic rings. The molecule has 0 spiro atoms. The molecule has 1 unspecified atom stereocenters. The lowest BCUT2D eigenvalue weighted by molar-refractivity contribution is 0.229. The van der Waals surface area contributed by atoms with Crippen LogP contribution in [0.4, 0.5) is 4.39 Å². The van der Waals surface area contributed by atoms with Crippen LogP contribution in [0.3, 0.4) is 0 Å². The fraction of sp³-hybridized carbons (Fsp3) is 0.389. The van der Waals surface area contributed by atoms with E-state index >= 15 is 0 Å². The van der Waals surface area contributed by atoms with E-state index in [2.05, 4.69) is 20.3 Å². The van der Waals surface area contributed by atoms with Crippen molar-refractivity contribution in [1.29, 1.82) is 0 Å². The lowest BCUT2D eigenvalue weighted by Crippen LogP contribution is -2.42. The predicted molar refractivity (Wildman–Crippen MR) is 125 cm³/mol. The SMILES string of the molecule is CCNC(=NCC(C)Oc1cccc(F)c1)NCCNS(=O)(=O)c1cccs1.I. The fourth-order valence-electron chi connectivity index (χ4n) is 2.23. The highest BCUT2D eigenvalue weighted by atomic mass is 127. The van der Waals surface area contributed by atoms with E-state index in [0.29, 0.717) is 31.3 Å². The Morgan fingerprint density at radius 1 is 1.24 bits per heavy atom. The van der Waals surface area contributed by atoms with Gasteiger partial charge in [0, 0.05) is 25.7 Å². The molecule has 3 N–H and O–H groups in total. The molecular formula is C18H26FIN4O3S2. The van der Waals surface area contributed by atoms with Crippen LogP contribution in [0, 0.1) is 5.82 Å². The Morgan fingerprint density at radius 3 is 2.69 bits per heavy atom. The van der Waals surface area contributed by atoms with Gasteiger partial charge in [0.25, 0.3) is 0 Å². The lowest BCUT2D eigenvalue weighted by atomic mass is 10.3. The van der Waals surface area contributed by atoms with Crippen molar-refractivity contribution in [3.63, 3.8) is 0 Å². The molecule has 7 nitrogen and oxygen atoms in total. The van der Waals surface area contributed by atoms with Gasteiger partial charge in [-0.15, -0.1) is 35.3 Å². The first kappa shape index (κ1) is 25.6. The van der Waals surface area contributed by atoms with Crippen molar-refractivity contribution in [2.24, 2.45) is 4.99 Å². The molecule has 0 amide bonds. The number of aliphatic imine (C=N–C) groups is 1. The maximum atomic E-state index is 13.2. The Morgan fingerprint density at radius 2 is 2.03 bits per heavy atom. The summed E-state index contributed by atoms with van der Waals surface area (Å²) >= 11 is 1.17. The Labute approximate surface area is 192 Å². The van der Waals surface area contributed by atoms with Crippen LogP contribution in [-0.4, -0.2) is 46.7 Å². The molecule has 0 aliphatic carbocycles. The molecule has 162 valence electrons. The van der Waals surface area contributed by atoms with Crippen LogP contribution >= 0.6 is 35.3 Å². The van der Waals surface area contributed by atoms with Crippen LogP contribution in [-0.2, 0) is 10.0 Å². The van der Waals surface area contributed by atoms with E-state index in [4.69, 9.17) is 4.74 Å². The quantitative estimate of drug-likeness (QED) is 0.181. The largest absolute Gasteiger partial charge is 0.489 e. The molecule has 2 rings (SSSR count). The molecule has 0 fully saturated rings. The number of guanidine groups is 1. The topological polar surface area (TPSA) is 91.8 Å². The number of halogens is 2. The maximum Gasteiger partial charge on any atom is 0.250 e. The van der Waals surface area contributed by atoms with E-state index in [9.17, 15) is 12.8 Å². The van der Waals surface area contributed by atoms with Crippen molar-refractivity contribution in [3.05, 3.63) is 47.6 Å². The van der Waals surface area contributed by atoms with Crippen molar-refractivity contribution < 1.29 is 17.5 Å². The van der Waals surface area contributed by atoms with Crippen LogP contribution in [0.25, 0.3) is 0 Å². The van der Waals surface area contributed by atoms with E-state index in [0.717, 1.165) is 0 Å². The Hall–Kier alpha value is -1.44. The molecule has 29 heavy (non-hydrogen) atoms. The highest BCUT2D eigenvalue weighted by molar-refractivity contribution is 14.0. The zero-order valence-corrected chi connectivity index (χ0v) is 20.2. The summed E-state index contributed by atoms with van der Waals surface area (Å²) in [5.74, 6) is 0.643. The molecule has 1 heterocycles. The highest BCUT2D eigenvalue weighted by Gasteiger charge is 2.13. The number of nitrogens with zero attached hydrogens (tertiary/aromatic N) is 1. The Kier molecular flexibility index (Phi) is 11.5. The van der Waals surface area contributed by atoms with Gasteiger partial charge in [0.1, 0.15) is 21.9 Å². The van der Waals surface area contributed by atoms with Crippen molar-refractivity contribution >= 4 is 51.3 Å². The van der Waals surface area contributed by atoms with Gasteiger partial charge in [0.15, 0.2) is 5.96 Å². The van der Waals surface area contributed by atoms with Crippen LogP contribution < -0.4 is 20.1 Å². The van der Waals surface area contributed by atoms with Crippen molar-refractivity contribution in [1.82, 2.24) is 15.4 Å². The minimum Gasteiger partial charge on any atom is -0.489 e. The van der Waals surface area contributed by atoms with E-state index in [-0.39, 0.29) is 46.7 Å². The van der Waals surface area contributed by atoms with Gasteiger partial charge in [-0.3, -0.25) is 0 Å². The summed E-state index contributed by atoms with van der Waals surface area (Å²) in [6.07, 6.45) is -0.255. The number of sulfonamides is 1. The summed E-state index contributed by atoms with van der Waals surface area (Å²) < 4.78 is 45.8. The normalized spacial score (nSPS) is 12.7. The molecule has 0 aliphatic heterocycles. The summed E-state index contributed by atoms with van der Waals surface area (Å²) in [7, 11) is -3.47. The summed E-state index contributed by atoms with van der Waals surface area (Å²) in [6.45, 7) is 5.38. The zero-order chi connectivity index (χ0) is 20.4. The van der Waals surface area contributed by atoms with Gasteiger partial charge < -0.3 is 15.4 Å². The number of hydrogen-bond donors (Lipinski definition) is 3. The van der Waals surface area contributed by atoms with Gasteiger partial charge in [-0.2, -0.15) is 0 Å². The summed E-state index contributed by atoms with van der Waals surface area (Å²) in [4.78, 5) is 4.42. The van der Waals surface area contributed by atoms with Crippen molar-refractivity contribution in [2.75, 3.05) is 26.2 Å². The molecule has 0 saturated heterocycles. The lowest BCUT2D eigenvalue weighted by Gasteiger charge is -2.15. The summed E-state index contributed by atoms with van der Waals surface area (Å²) in [5, 5.41) is 7.87. The minimum atomic E-state index is -3.47. The van der Waals surface area contributed by atoms with E-state index in [1.54, 1.807) is 29.6 Å². The van der Waals surface area contributed by atoms with Gasteiger partial charge in [-0.25, -0.2) is 22.5 Å². The Bertz CT molecular complexity index is 864. The highest BCUT2D eigenvalue weighted by Crippen LogP contribution is 2.15. The first-order chi connectivity index (χ1) is 13.4. The maximum absolute atomic E-state index is 13.2. The number of benzene rings is 1. The third-order valence-corrected chi connectivity index (χ3v) is 6.31. The van der Waals surface area contributed by atoms with Crippen LogP contribution in [0.2, 0.25) is 0 Å². The fourth-order valence-corrected chi connectivity index (χ4v) is 4.29. The second-order valence-electron chi connectivity index (χ2n) is 5.86. The predicted octanol–water partition coefficient (Wildman–Crippen LogP) is 2.81. The smallest absolute Gasteiger partial charge is 0.250 e. The molecule has 0 saturated carbocycles. The third-order valence-electron chi connectivity index (χ3n) is 3.45. The van der Waals surface area contributed by atoms with Crippen molar-refractivity contribution in [2.45, 2.75) is 24.2 Å². The molecule has 1 atom stereocenters. The van der Waals surface area contributed by atoms with E-state index < -0.39 is 10.0 Å². The molecule has 0 radical (unpaired) electrons. The van der Waals surface area contributed by atoms with Gasteiger partial charge >= 0.3 is 0 Å². The van der Waals surface area contributed by atoms with Crippen LogP contribution in [0.15, 0.2) is 51.0 Å². The van der Waals surface area contributed by atoms with Gasteiger partial charge in [0.05, 0.1) is 6.54 Å². The molecule has 1 aromatic heterocycles. The summed E-state index contributed by atoms with van der Waals surface area (Å²) in [6, 6.07) is 9.21. The number of ether oxygens (including phenoxy) is 1. The average Bonchev–Trinajstić information content (AvgIpc) is 3.19. The van der Waals surface area contributed by atoms with Crippen LogP contribution in [0.5, 0.6) is 5.75 Å². The van der Waals surface area contributed by atoms with Crippen molar-refractivity contribution in [3.8, 4) is 5.75 Å². The molecular weight excluding hydrogens is 530 g/mol. The number of nitrogens with one attached hydrogen (secondary N) is 3.